The van der Waals surface area contributed by atoms with Crippen LogP contribution in [0.4, 0.5) is 0 Å². The summed E-state index contributed by atoms with van der Waals surface area (Å²) in [6.07, 6.45) is 8.91. The maximum Gasteiger partial charge on any atom is 0.251 e. The lowest BCUT2D eigenvalue weighted by Gasteiger charge is -2.29. The van der Waals surface area contributed by atoms with Gasteiger partial charge in [0.05, 0.1) is 0 Å². The second-order valence-electron chi connectivity index (χ2n) is 8.18. The number of benzene rings is 1. The Morgan fingerprint density at radius 2 is 1.62 bits per heavy atom. The summed E-state index contributed by atoms with van der Waals surface area (Å²) in [6.45, 7) is 0.537. The second kappa shape index (κ2) is 7.78. The Morgan fingerprint density at radius 3 is 2.27 bits per heavy atom. The van der Waals surface area contributed by atoms with Crippen LogP contribution in [-0.2, 0) is 11.3 Å². The number of fused-ring (bicyclic) bond motifs is 2. The van der Waals surface area contributed by atoms with E-state index in [0.717, 1.165) is 31.2 Å². The van der Waals surface area contributed by atoms with Crippen LogP contribution in [0.3, 0.4) is 0 Å². The number of nitrogens with one attached hydrogen (secondary N) is 3. The van der Waals surface area contributed by atoms with E-state index in [1.807, 2.05) is 24.3 Å². The van der Waals surface area contributed by atoms with E-state index in [-0.39, 0.29) is 23.8 Å². The highest BCUT2D eigenvalue weighted by Gasteiger charge is 2.34. The third-order valence-corrected chi connectivity index (χ3v) is 6.22. The van der Waals surface area contributed by atoms with Gasteiger partial charge in [0.25, 0.3) is 5.91 Å². The summed E-state index contributed by atoms with van der Waals surface area (Å²) >= 11 is 0. The van der Waals surface area contributed by atoms with Crippen molar-refractivity contribution in [2.24, 2.45) is 5.92 Å². The highest BCUT2D eigenvalue weighted by Crippen LogP contribution is 2.27. The van der Waals surface area contributed by atoms with E-state index in [2.05, 4.69) is 16.0 Å². The van der Waals surface area contributed by atoms with Crippen molar-refractivity contribution in [3.63, 3.8) is 0 Å². The third-order valence-electron chi connectivity index (χ3n) is 6.22. The zero-order valence-corrected chi connectivity index (χ0v) is 15.3. The Morgan fingerprint density at radius 1 is 0.962 bits per heavy atom. The average Bonchev–Trinajstić information content (AvgIpc) is 3.30. The molecule has 26 heavy (non-hydrogen) atoms. The van der Waals surface area contributed by atoms with Gasteiger partial charge in [0, 0.05) is 36.2 Å². The fourth-order valence-electron chi connectivity index (χ4n) is 4.74. The van der Waals surface area contributed by atoms with E-state index in [0.29, 0.717) is 24.2 Å². The molecule has 1 aliphatic carbocycles. The van der Waals surface area contributed by atoms with Crippen molar-refractivity contribution in [2.45, 2.75) is 76.0 Å². The monoisotopic (exact) mass is 355 g/mol. The summed E-state index contributed by atoms with van der Waals surface area (Å²) < 4.78 is 0. The first kappa shape index (κ1) is 17.5. The van der Waals surface area contributed by atoms with E-state index in [4.69, 9.17) is 0 Å². The summed E-state index contributed by atoms with van der Waals surface area (Å²) in [5.74, 6) is 0.378. The minimum Gasteiger partial charge on any atom is -0.352 e. The maximum atomic E-state index is 12.5. The SMILES string of the molecule is O=C(NC1CC2CCC(C1)N2)c1ccc(CNC(=O)C2CCCC2)cc1. The predicted molar refractivity (Wildman–Crippen MR) is 101 cm³/mol. The van der Waals surface area contributed by atoms with E-state index in [1.54, 1.807) is 0 Å². The van der Waals surface area contributed by atoms with Gasteiger partial charge in [0.15, 0.2) is 0 Å². The molecule has 2 aliphatic heterocycles. The standard InChI is InChI=1S/C21H29N3O2/c25-20(15-3-1-2-4-15)22-13-14-5-7-16(8-6-14)21(26)24-19-11-17-9-10-18(12-19)23-17/h5-8,15,17-19,23H,1-4,9-13H2,(H,22,25)(H,24,26). The van der Waals surface area contributed by atoms with Crippen LogP contribution < -0.4 is 16.0 Å². The molecule has 2 saturated heterocycles. The topological polar surface area (TPSA) is 70.2 Å². The Bertz CT molecular complexity index is 640. The van der Waals surface area contributed by atoms with E-state index in [1.165, 1.54) is 25.7 Å². The summed E-state index contributed by atoms with van der Waals surface area (Å²) in [4.78, 5) is 24.6. The molecule has 1 saturated carbocycles. The van der Waals surface area contributed by atoms with Crippen LogP contribution in [0.2, 0.25) is 0 Å². The number of piperidine rings is 1. The van der Waals surface area contributed by atoms with Crippen LogP contribution in [-0.4, -0.2) is 29.9 Å². The van der Waals surface area contributed by atoms with E-state index in [9.17, 15) is 9.59 Å². The summed E-state index contributed by atoms with van der Waals surface area (Å²) in [5.41, 5.74) is 1.73. The molecule has 2 heterocycles. The molecule has 4 rings (SSSR count). The van der Waals surface area contributed by atoms with Crippen LogP contribution in [0.15, 0.2) is 24.3 Å². The molecular weight excluding hydrogens is 326 g/mol. The Balaban J connectivity index is 1.26. The van der Waals surface area contributed by atoms with E-state index >= 15 is 0 Å². The molecule has 2 bridgehead atoms. The molecule has 0 aromatic heterocycles. The van der Waals surface area contributed by atoms with Crippen molar-refractivity contribution in [1.82, 2.24) is 16.0 Å². The van der Waals surface area contributed by atoms with Gasteiger partial charge < -0.3 is 16.0 Å². The lowest BCUT2D eigenvalue weighted by molar-refractivity contribution is -0.124. The maximum absolute atomic E-state index is 12.5. The van der Waals surface area contributed by atoms with Crippen molar-refractivity contribution in [1.29, 1.82) is 0 Å². The van der Waals surface area contributed by atoms with Gasteiger partial charge in [-0.3, -0.25) is 9.59 Å². The molecule has 3 N–H and O–H groups in total. The quantitative estimate of drug-likeness (QED) is 0.760. The summed E-state index contributed by atoms with van der Waals surface area (Å²) in [6, 6.07) is 9.04. The first-order valence-corrected chi connectivity index (χ1v) is 10.1. The highest BCUT2D eigenvalue weighted by atomic mass is 16.2. The van der Waals surface area contributed by atoms with Crippen molar-refractivity contribution >= 4 is 11.8 Å². The fraction of sp³-hybridized carbons (Fsp3) is 0.619. The van der Waals surface area contributed by atoms with E-state index < -0.39 is 0 Å². The molecule has 2 unspecified atom stereocenters. The van der Waals surface area contributed by atoms with Gasteiger partial charge in [-0.05, 0) is 56.2 Å². The van der Waals surface area contributed by atoms with Gasteiger partial charge in [0.2, 0.25) is 5.91 Å². The molecule has 2 amide bonds. The average molecular weight is 355 g/mol. The molecule has 1 aromatic rings. The van der Waals surface area contributed by atoms with Gasteiger partial charge in [-0.15, -0.1) is 0 Å². The van der Waals surface area contributed by atoms with Crippen molar-refractivity contribution < 1.29 is 9.59 Å². The van der Waals surface area contributed by atoms with Crippen LogP contribution in [0, 0.1) is 5.92 Å². The van der Waals surface area contributed by atoms with Gasteiger partial charge in [0.1, 0.15) is 0 Å². The van der Waals surface area contributed by atoms with Gasteiger partial charge >= 0.3 is 0 Å². The predicted octanol–water partition coefficient (Wildman–Crippen LogP) is 2.51. The molecule has 2 atom stereocenters. The lowest BCUT2D eigenvalue weighted by Crippen LogP contribution is -2.48. The summed E-state index contributed by atoms with van der Waals surface area (Å²) in [5, 5.41) is 9.82. The van der Waals surface area contributed by atoms with Crippen molar-refractivity contribution in [3.8, 4) is 0 Å². The Hall–Kier alpha value is -1.88. The number of hydrogen-bond donors (Lipinski definition) is 3. The zero-order chi connectivity index (χ0) is 17.9. The molecule has 140 valence electrons. The first-order valence-electron chi connectivity index (χ1n) is 10.1. The molecule has 0 radical (unpaired) electrons. The molecule has 0 spiro atoms. The summed E-state index contributed by atoms with van der Waals surface area (Å²) in [7, 11) is 0. The van der Waals surface area contributed by atoms with Gasteiger partial charge in [-0.1, -0.05) is 25.0 Å². The molecule has 1 aromatic carbocycles. The molecule has 3 fully saturated rings. The number of carbonyl (C=O) groups excluding carboxylic acids is 2. The van der Waals surface area contributed by atoms with Crippen molar-refractivity contribution in [3.05, 3.63) is 35.4 Å². The highest BCUT2D eigenvalue weighted by molar-refractivity contribution is 5.94. The molecular formula is C21H29N3O2. The van der Waals surface area contributed by atoms with Crippen molar-refractivity contribution in [2.75, 3.05) is 0 Å². The minimum absolute atomic E-state index is 0.0119. The molecule has 5 heteroatoms. The number of amides is 2. The van der Waals surface area contributed by atoms with Gasteiger partial charge in [-0.2, -0.15) is 0 Å². The smallest absolute Gasteiger partial charge is 0.251 e. The minimum atomic E-state index is 0.0119. The zero-order valence-electron chi connectivity index (χ0n) is 15.3. The normalized spacial score (nSPS) is 28.1. The second-order valence-corrected chi connectivity index (χ2v) is 8.18. The number of hydrogen-bond acceptors (Lipinski definition) is 3. The van der Waals surface area contributed by atoms with Crippen LogP contribution in [0.1, 0.15) is 67.3 Å². The fourth-order valence-corrected chi connectivity index (χ4v) is 4.74. The molecule has 5 nitrogen and oxygen atoms in total. The molecule has 3 aliphatic rings. The number of carbonyl (C=O) groups is 2. The van der Waals surface area contributed by atoms with Gasteiger partial charge in [-0.25, -0.2) is 0 Å². The Labute approximate surface area is 155 Å². The largest absolute Gasteiger partial charge is 0.352 e. The number of rotatable bonds is 5. The first-order chi connectivity index (χ1) is 12.7. The third kappa shape index (κ3) is 4.09. The lowest BCUT2D eigenvalue weighted by atomic mass is 9.99. The Kier molecular flexibility index (Phi) is 5.25. The van der Waals surface area contributed by atoms with Crippen LogP contribution >= 0.6 is 0 Å². The van der Waals surface area contributed by atoms with Crippen LogP contribution in [0.5, 0.6) is 0 Å². The van der Waals surface area contributed by atoms with Crippen LogP contribution in [0.25, 0.3) is 0 Å².